The molecule has 174 valence electrons. The van der Waals surface area contributed by atoms with Gasteiger partial charge in [0.1, 0.15) is 29.1 Å². The zero-order chi connectivity index (χ0) is 23.5. The Kier molecular flexibility index (Phi) is 6.12. The molecule has 1 unspecified atom stereocenters. The standard InChI is InChI=1S/C26H24FN3O4/c1-32-23-8-3-2-6-18(23)14-20-16-28-25(33-20)22-7-4-5-13-30(22)26(31)24-15-21(29-34-24)17-9-11-19(27)12-10-17/h2-3,6,8-12,15-16,22H,4-5,7,13-14H2,1H3. The number of carbonyl (C=O) groups is 1. The summed E-state index contributed by atoms with van der Waals surface area (Å²) in [5.41, 5.74) is 2.15. The summed E-state index contributed by atoms with van der Waals surface area (Å²) in [6, 6.07) is 15.0. The first-order valence-corrected chi connectivity index (χ1v) is 11.2. The number of para-hydroxylation sites is 1. The van der Waals surface area contributed by atoms with E-state index in [1.165, 1.54) is 12.1 Å². The number of likely N-dealkylation sites (tertiary alicyclic amines) is 1. The largest absolute Gasteiger partial charge is 0.496 e. The van der Waals surface area contributed by atoms with E-state index in [9.17, 15) is 9.18 Å². The van der Waals surface area contributed by atoms with Crippen molar-refractivity contribution < 1.29 is 22.9 Å². The van der Waals surface area contributed by atoms with Gasteiger partial charge in [0.25, 0.3) is 5.91 Å². The van der Waals surface area contributed by atoms with Gasteiger partial charge in [0, 0.05) is 30.2 Å². The Morgan fingerprint density at radius 3 is 2.82 bits per heavy atom. The fourth-order valence-corrected chi connectivity index (χ4v) is 4.30. The molecule has 2 aromatic heterocycles. The maximum absolute atomic E-state index is 13.3. The first-order valence-electron chi connectivity index (χ1n) is 11.2. The molecule has 0 aliphatic carbocycles. The summed E-state index contributed by atoms with van der Waals surface area (Å²) in [5.74, 6) is 1.53. The van der Waals surface area contributed by atoms with Crippen LogP contribution in [0.25, 0.3) is 11.3 Å². The summed E-state index contributed by atoms with van der Waals surface area (Å²) in [5, 5.41) is 4.00. The van der Waals surface area contributed by atoms with Crippen molar-refractivity contribution >= 4 is 5.91 Å². The summed E-state index contributed by atoms with van der Waals surface area (Å²) < 4.78 is 30.1. The summed E-state index contributed by atoms with van der Waals surface area (Å²) in [4.78, 5) is 19.5. The lowest BCUT2D eigenvalue weighted by molar-refractivity contribution is 0.0528. The number of carbonyl (C=O) groups excluding carboxylic acids is 1. The predicted molar refractivity (Wildman–Crippen MR) is 122 cm³/mol. The van der Waals surface area contributed by atoms with E-state index in [1.807, 2.05) is 24.3 Å². The smallest absolute Gasteiger partial charge is 0.293 e. The van der Waals surface area contributed by atoms with Crippen molar-refractivity contribution in [2.45, 2.75) is 31.7 Å². The van der Waals surface area contributed by atoms with Crippen LogP contribution in [0, 0.1) is 5.82 Å². The summed E-state index contributed by atoms with van der Waals surface area (Å²) in [7, 11) is 1.64. The normalized spacial score (nSPS) is 15.9. The molecule has 0 radical (unpaired) electrons. The van der Waals surface area contributed by atoms with Gasteiger partial charge in [-0.05, 0) is 49.6 Å². The van der Waals surface area contributed by atoms with E-state index in [4.69, 9.17) is 13.7 Å². The highest BCUT2D eigenvalue weighted by Gasteiger charge is 2.34. The zero-order valence-corrected chi connectivity index (χ0v) is 18.7. The Labute approximate surface area is 196 Å². The van der Waals surface area contributed by atoms with Crippen molar-refractivity contribution in [3.63, 3.8) is 0 Å². The van der Waals surface area contributed by atoms with Gasteiger partial charge in [-0.3, -0.25) is 4.79 Å². The first kappa shape index (κ1) is 21.9. The number of piperidine rings is 1. The Morgan fingerprint density at radius 2 is 2.00 bits per heavy atom. The molecule has 0 saturated carbocycles. The molecule has 1 aliphatic heterocycles. The SMILES string of the molecule is COc1ccccc1Cc1cnc(C2CCCCN2C(=O)c2cc(-c3ccc(F)cc3)no2)o1. The van der Waals surface area contributed by atoms with E-state index in [0.29, 0.717) is 35.9 Å². The van der Waals surface area contributed by atoms with E-state index in [2.05, 4.69) is 10.1 Å². The van der Waals surface area contributed by atoms with E-state index < -0.39 is 0 Å². The molecule has 3 heterocycles. The third-order valence-electron chi connectivity index (χ3n) is 6.04. The van der Waals surface area contributed by atoms with Crippen LogP contribution < -0.4 is 4.74 Å². The lowest BCUT2D eigenvalue weighted by Gasteiger charge is -2.32. The topological polar surface area (TPSA) is 81.6 Å². The number of amides is 1. The van der Waals surface area contributed by atoms with Crippen LogP contribution in [0.2, 0.25) is 0 Å². The average molecular weight is 461 g/mol. The van der Waals surface area contributed by atoms with Crippen molar-refractivity contribution in [3.8, 4) is 17.0 Å². The minimum atomic E-state index is -0.337. The number of aromatic nitrogens is 2. The number of methoxy groups -OCH3 is 1. The quantitative estimate of drug-likeness (QED) is 0.381. The maximum atomic E-state index is 13.3. The molecule has 0 spiro atoms. The second-order valence-corrected chi connectivity index (χ2v) is 8.25. The molecule has 1 fully saturated rings. The molecule has 0 N–H and O–H groups in total. The lowest BCUT2D eigenvalue weighted by Crippen LogP contribution is -2.38. The van der Waals surface area contributed by atoms with Crippen LogP contribution in [0.4, 0.5) is 4.39 Å². The number of hydrogen-bond donors (Lipinski definition) is 0. The molecule has 2 aromatic carbocycles. The fourth-order valence-electron chi connectivity index (χ4n) is 4.30. The first-order chi connectivity index (χ1) is 16.6. The van der Waals surface area contributed by atoms with Crippen molar-refractivity contribution in [2.24, 2.45) is 0 Å². The highest BCUT2D eigenvalue weighted by atomic mass is 19.1. The van der Waals surface area contributed by atoms with E-state index in [-0.39, 0.29) is 23.5 Å². The van der Waals surface area contributed by atoms with E-state index >= 15 is 0 Å². The third kappa shape index (κ3) is 4.44. The van der Waals surface area contributed by atoms with Crippen LogP contribution in [0.1, 0.15) is 53.1 Å². The molecule has 4 aromatic rings. The number of nitrogens with zero attached hydrogens (tertiary/aromatic N) is 3. The number of ether oxygens (including phenoxy) is 1. The Bertz CT molecular complexity index is 1280. The van der Waals surface area contributed by atoms with Gasteiger partial charge in [-0.1, -0.05) is 23.4 Å². The number of hydrogen-bond acceptors (Lipinski definition) is 6. The number of benzene rings is 2. The summed E-state index contributed by atoms with van der Waals surface area (Å²) in [6.45, 7) is 0.570. The van der Waals surface area contributed by atoms with Gasteiger partial charge in [-0.25, -0.2) is 9.37 Å². The van der Waals surface area contributed by atoms with Crippen LogP contribution in [-0.4, -0.2) is 34.6 Å². The molecular weight excluding hydrogens is 437 g/mol. The van der Waals surface area contributed by atoms with Crippen molar-refractivity contribution in [1.82, 2.24) is 15.0 Å². The Morgan fingerprint density at radius 1 is 1.18 bits per heavy atom. The van der Waals surface area contributed by atoms with Crippen LogP contribution in [0.5, 0.6) is 5.75 Å². The second kappa shape index (κ2) is 9.51. The average Bonchev–Trinajstić information content (AvgIpc) is 3.55. The Balaban J connectivity index is 1.35. The molecule has 1 amide bonds. The van der Waals surface area contributed by atoms with E-state index in [1.54, 1.807) is 36.4 Å². The predicted octanol–water partition coefficient (Wildman–Crippen LogP) is 5.44. The van der Waals surface area contributed by atoms with Gasteiger partial charge in [-0.15, -0.1) is 0 Å². The molecule has 34 heavy (non-hydrogen) atoms. The van der Waals surface area contributed by atoms with Gasteiger partial charge >= 0.3 is 0 Å². The van der Waals surface area contributed by atoms with Crippen LogP contribution in [-0.2, 0) is 6.42 Å². The highest BCUT2D eigenvalue weighted by molar-refractivity contribution is 5.92. The highest BCUT2D eigenvalue weighted by Crippen LogP contribution is 2.33. The minimum absolute atomic E-state index is 0.132. The van der Waals surface area contributed by atoms with Gasteiger partial charge in [0.15, 0.2) is 0 Å². The van der Waals surface area contributed by atoms with Crippen molar-refractivity contribution in [2.75, 3.05) is 13.7 Å². The number of oxazole rings is 1. The molecule has 5 rings (SSSR count). The van der Waals surface area contributed by atoms with Gasteiger partial charge < -0.3 is 18.6 Å². The summed E-state index contributed by atoms with van der Waals surface area (Å²) in [6.07, 6.45) is 4.85. The molecule has 8 heteroatoms. The Hall–Kier alpha value is -3.94. The van der Waals surface area contributed by atoms with Crippen LogP contribution >= 0.6 is 0 Å². The van der Waals surface area contributed by atoms with Crippen LogP contribution in [0.15, 0.2) is 69.7 Å². The van der Waals surface area contributed by atoms with Crippen molar-refractivity contribution in [3.05, 3.63) is 89.6 Å². The van der Waals surface area contributed by atoms with Gasteiger partial charge in [0.05, 0.1) is 13.3 Å². The van der Waals surface area contributed by atoms with Crippen LogP contribution in [0.3, 0.4) is 0 Å². The number of halogens is 1. The maximum Gasteiger partial charge on any atom is 0.293 e. The molecule has 0 bridgehead atoms. The molecule has 1 aliphatic rings. The van der Waals surface area contributed by atoms with Gasteiger partial charge in [-0.2, -0.15) is 0 Å². The minimum Gasteiger partial charge on any atom is -0.496 e. The molecule has 7 nitrogen and oxygen atoms in total. The third-order valence-corrected chi connectivity index (χ3v) is 6.04. The molecular formula is C26H24FN3O4. The monoisotopic (exact) mass is 461 g/mol. The lowest BCUT2D eigenvalue weighted by atomic mass is 10.0. The second-order valence-electron chi connectivity index (χ2n) is 8.25. The molecule has 1 saturated heterocycles. The van der Waals surface area contributed by atoms with E-state index in [0.717, 1.165) is 30.6 Å². The number of rotatable bonds is 6. The van der Waals surface area contributed by atoms with Crippen molar-refractivity contribution in [1.29, 1.82) is 0 Å². The summed E-state index contributed by atoms with van der Waals surface area (Å²) >= 11 is 0. The zero-order valence-electron chi connectivity index (χ0n) is 18.7. The van der Waals surface area contributed by atoms with Gasteiger partial charge in [0.2, 0.25) is 11.7 Å². The molecule has 1 atom stereocenters. The fraction of sp³-hybridized carbons (Fsp3) is 0.269.